The number of carbonyl (C=O) groups excluding carboxylic acids is 1. The number of nitrogens with two attached hydrogens (primary N) is 1. The number of benzene rings is 1. The maximum Gasteiger partial charge on any atom is 0.254 e. The average Bonchev–Trinajstić information content (AvgIpc) is 2.36. The fraction of sp³-hybridized carbons (Fsp3) is 0.533. The van der Waals surface area contributed by atoms with Gasteiger partial charge in [-0.1, -0.05) is 12.1 Å². The van der Waals surface area contributed by atoms with Crippen LogP contribution in [0.4, 0.5) is 5.69 Å². The predicted octanol–water partition coefficient (Wildman–Crippen LogP) is 2.43. The smallest absolute Gasteiger partial charge is 0.254 e. The molecule has 0 fully saturated rings. The highest BCUT2D eigenvalue weighted by Crippen LogP contribution is 2.18. The van der Waals surface area contributed by atoms with Gasteiger partial charge in [0.05, 0.1) is 0 Å². The van der Waals surface area contributed by atoms with E-state index in [9.17, 15) is 4.79 Å². The zero-order valence-corrected chi connectivity index (χ0v) is 12.4. The Kier molecular flexibility index (Phi) is 4.95. The normalized spacial score (nSPS) is 11.7. The van der Waals surface area contributed by atoms with Crippen molar-refractivity contribution in [3.05, 3.63) is 29.8 Å². The summed E-state index contributed by atoms with van der Waals surface area (Å²) in [7, 11) is 1.56. The van der Waals surface area contributed by atoms with Gasteiger partial charge in [0.2, 0.25) is 0 Å². The summed E-state index contributed by atoms with van der Waals surface area (Å²) < 4.78 is 5.28. The molecule has 1 aromatic rings. The van der Waals surface area contributed by atoms with Gasteiger partial charge in [-0.2, -0.15) is 0 Å². The van der Waals surface area contributed by atoms with Crippen LogP contribution in [0.25, 0.3) is 0 Å². The third-order valence-electron chi connectivity index (χ3n) is 3.24. The molecule has 0 heterocycles. The van der Waals surface area contributed by atoms with Crippen LogP contribution in [-0.2, 0) is 16.1 Å². The fourth-order valence-corrected chi connectivity index (χ4v) is 1.74. The van der Waals surface area contributed by atoms with E-state index in [4.69, 9.17) is 10.5 Å². The Labute approximate surface area is 115 Å². The molecule has 4 heteroatoms. The number of ether oxygens (including phenoxy) is 1. The van der Waals surface area contributed by atoms with Crippen molar-refractivity contribution < 1.29 is 9.53 Å². The number of nitrogens with zero attached hydrogens (tertiary/aromatic N) is 1. The lowest BCUT2D eigenvalue weighted by Crippen LogP contribution is -2.48. The second kappa shape index (κ2) is 6.06. The number of amides is 1. The van der Waals surface area contributed by atoms with Crippen LogP contribution in [0.2, 0.25) is 0 Å². The maximum absolute atomic E-state index is 12.5. The third-order valence-corrected chi connectivity index (χ3v) is 3.24. The quantitative estimate of drug-likeness (QED) is 0.831. The monoisotopic (exact) mass is 264 g/mol. The Morgan fingerprint density at radius 3 is 2.26 bits per heavy atom. The molecular weight excluding hydrogens is 240 g/mol. The van der Waals surface area contributed by atoms with Gasteiger partial charge in [-0.15, -0.1) is 0 Å². The van der Waals surface area contributed by atoms with Crippen molar-refractivity contribution in [1.82, 2.24) is 4.90 Å². The van der Waals surface area contributed by atoms with Crippen molar-refractivity contribution in [2.45, 2.75) is 45.9 Å². The van der Waals surface area contributed by atoms with Crippen LogP contribution in [0.15, 0.2) is 24.3 Å². The molecule has 1 amide bonds. The summed E-state index contributed by atoms with van der Waals surface area (Å²) in [6.07, 6.45) is 0. The van der Waals surface area contributed by atoms with E-state index in [1.165, 1.54) is 0 Å². The van der Waals surface area contributed by atoms with E-state index in [0.29, 0.717) is 6.54 Å². The van der Waals surface area contributed by atoms with Crippen LogP contribution in [0.5, 0.6) is 0 Å². The van der Waals surface area contributed by atoms with Crippen LogP contribution >= 0.6 is 0 Å². The van der Waals surface area contributed by atoms with E-state index in [1.807, 2.05) is 43.0 Å². The van der Waals surface area contributed by atoms with Gasteiger partial charge < -0.3 is 15.4 Å². The SMILES string of the molecule is COC(C)(C)C(=O)N(Cc1ccc(N)cc1)C(C)C. The molecule has 1 rings (SSSR count). The fourth-order valence-electron chi connectivity index (χ4n) is 1.74. The highest BCUT2D eigenvalue weighted by molar-refractivity contribution is 5.84. The topological polar surface area (TPSA) is 55.6 Å². The first kappa shape index (κ1) is 15.5. The maximum atomic E-state index is 12.5. The van der Waals surface area contributed by atoms with Crippen molar-refractivity contribution in [1.29, 1.82) is 0 Å². The molecule has 0 aromatic heterocycles. The van der Waals surface area contributed by atoms with Crippen LogP contribution in [0.3, 0.4) is 0 Å². The molecule has 4 nitrogen and oxygen atoms in total. The molecule has 0 aliphatic heterocycles. The first-order valence-electron chi connectivity index (χ1n) is 6.48. The standard InChI is InChI=1S/C15H24N2O2/c1-11(2)17(14(18)15(3,4)19-5)10-12-6-8-13(16)9-7-12/h6-9,11H,10,16H2,1-5H3. The predicted molar refractivity (Wildman–Crippen MR) is 77.6 cm³/mol. The van der Waals surface area contributed by atoms with Gasteiger partial charge in [0.15, 0.2) is 0 Å². The lowest BCUT2D eigenvalue weighted by Gasteiger charge is -2.34. The van der Waals surface area contributed by atoms with Crippen LogP contribution in [0.1, 0.15) is 33.3 Å². The Morgan fingerprint density at radius 1 is 1.32 bits per heavy atom. The van der Waals surface area contributed by atoms with E-state index in [0.717, 1.165) is 11.3 Å². The van der Waals surface area contributed by atoms with Crippen molar-refractivity contribution in [2.24, 2.45) is 0 Å². The van der Waals surface area contributed by atoms with Gasteiger partial charge in [-0.25, -0.2) is 0 Å². The van der Waals surface area contributed by atoms with Crippen LogP contribution in [0, 0.1) is 0 Å². The molecule has 0 saturated heterocycles. The minimum Gasteiger partial charge on any atom is -0.399 e. The Balaban J connectivity index is 2.90. The van der Waals surface area contributed by atoms with Crippen molar-refractivity contribution in [2.75, 3.05) is 12.8 Å². The summed E-state index contributed by atoms with van der Waals surface area (Å²) in [4.78, 5) is 14.3. The number of nitrogen functional groups attached to an aromatic ring is 1. The lowest BCUT2D eigenvalue weighted by atomic mass is 10.1. The Morgan fingerprint density at radius 2 is 1.84 bits per heavy atom. The number of hydrogen-bond acceptors (Lipinski definition) is 3. The summed E-state index contributed by atoms with van der Waals surface area (Å²) >= 11 is 0. The first-order valence-corrected chi connectivity index (χ1v) is 6.48. The molecule has 0 bridgehead atoms. The number of methoxy groups -OCH3 is 1. The molecule has 0 atom stereocenters. The van der Waals surface area contributed by atoms with Gasteiger partial charge >= 0.3 is 0 Å². The van der Waals surface area contributed by atoms with Crippen molar-refractivity contribution in [3.63, 3.8) is 0 Å². The molecule has 0 aliphatic rings. The molecule has 106 valence electrons. The second-order valence-corrected chi connectivity index (χ2v) is 5.48. The van der Waals surface area contributed by atoms with Gasteiger partial charge in [0.25, 0.3) is 5.91 Å². The van der Waals surface area contributed by atoms with Crippen LogP contribution < -0.4 is 5.73 Å². The Bertz CT molecular complexity index is 424. The number of rotatable bonds is 5. The summed E-state index contributed by atoms with van der Waals surface area (Å²) in [6.45, 7) is 8.13. The van der Waals surface area contributed by atoms with Crippen LogP contribution in [-0.4, -0.2) is 29.6 Å². The molecule has 0 aliphatic carbocycles. The largest absolute Gasteiger partial charge is 0.399 e. The molecule has 0 radical (unpaired) electrons. The number of anilines is 1. The zero-order valence-electron chi connectivity index (χ0n) is 12.4. The summed E-state index contributed by atoms with van der Waals surface area (Å²) in [5, 5.41) is 0. The lowest BCUT2D eigenvalue weighted by molar-refractivity contribution is -0.153. The highest BCUT2D eigenvalue weighted by Gasteiger charge is 2.33. The number of carbonyl (C=O) groups is 1. The van der Waals surface area contributed by atoms with E-state index < -0.39 is 5.60 Å². The Hall–Kier alpha value is -1.55. The molecular formula is C15H24N2O2. The van der Waals surface area contributed by atoms with Gasteiger partial charge in [0.1, 0.15) is 5.60 Å². The summed E-state index contributed by atoms with van der Waals surface area (Å²) in [5.74, 6) is -0.0122. The van der Waals surface area contributed by atoms with E-state index in [-0.39, 0.29) is 11.9 Å². The molecule has 0 saturated carbocycles. The number of hydrogen-bond donors (Lipinski definition) is 1. The van der Waals surface area contributed by atoms with Gasteiger partial charge in [-0.3, -0.25) is 4.79 Å². The second-order valence-electron chi connectivity index (χ2n) is 5.48. The first-order chi connectivity index (χ1) is 8.77. The van der Waals surface area contributed by atoms with Gasteiger partial charge in [0, 0.05) is 25.4 Å². The molecule has 2 N–H and O–H groups in total. The average molecular weight is 264 g/mol. The van der Waals surface area contributed by atoms with Crippen molar-refractivity contribution >= 4 is 11.6 Å². The minimum absolute atomic E-state index is 0.0122. The highest BCUT2D eigenvalue weighted by atomic mass is 16.5. The molecule has 0 spiro atoms. The zero-order chi connectivity index (χ0) is 14.6. The minimum atomic E-state index is -0.807. The molecule has 1 aromatic carbocycles. The summed E-state index contributed by atoms with van der Waals surface area (Å²) in [5.41, 5.74) is 6.64. The van der Waals surface area contributed by atoms with E-state index in [2.05, 4.69) is 0 Å². The van der Waals surface area contributed by atoms with E-state index in [1.54, 1.807) is 21.0 Å². The summed E-state index contributed by atoms with van der Waals surface area (Å²) in [6, 6.07) is 7.69. The molecule has 19 heavy (non-hydrogen) atoms. The molecule has 0 unspecified atom stereocenters. The van der Waals surface area contributed by atoms with E-state index >= 15 is 0 Å². The van der Waals surface area contributed by atoms with Gasteiger partial charge in [-0.05, 0) is 45.4 Å². The third kappa shape index (κ3) is 3.96. The van der Waals surface area contributed by atoms with Crippen molar-refractivity contribution in [3.8, 4) is 0 Å².